The summed E-state index contributed by atoms with van der Waals surface area (Å²) in [5, 5.41) is 3.93. The molecule has 5 rings (SSSR count). The summed E-state index contributed by atoms with van der Waals surface area (Å²) in [5.41, 5.74) is 0.0127. The number of halogens is 4. The van der Waals surface area contributed by atoms with Crippen molar-refractivity contribution in [3.8, 4) is 17.4 Å². The Bertz CT molecular complexity index is 1520. The number of piperidine rings is 1. The molecule has 0 saturated carbocycles. The number of alkyl halides is 3. The second-order valence-corrected chi connectivity index (χ2v) is 10.2. The number of hydrogen-bond donors (Lipinski definition) is 1. The van der Waals surface area contributed by atoms with Gasteiger partial charge in [-0.25, -0.2) is 4.98 Å². The molecule has 6 nitrogen and oxygen atoms in total. The predicted octanol–water partition coefficient (Wildman–Crippen LogP) is 7.16. The highest BCUT2D eigenvalue weighted by Crippen LogP contribution is 2.48. The zero-order valence-corrected chi connectivity index (χ0v) is 22.2. The first-order valence-electron chi connectivity index (χ1n) is 11.4. The number of nitrogens with zero attached hydrogens (tertiary/aromatic N) is 2. The van der Waals surface area contributed by atoms with Gasteiger partial charge in [0.05, 0.1) is 5.69 Å². The van der Waals surface area contributed by atoms with E-state index < -0.39 is 29.5 Å². The Balaban J connectivity index is 1.50. The SMILES string of the molecule is O=C1CC(c2ccsc2)(c2cccc(Oc3ccc(OC(F)(F)F)cc3)n2)N(S)C(=O)C1c1ccccc1Cl. The molecule has 2 aromatic heterocycles. The molecular formula is C27H18ClF3N2O4S2. The summed E-state index contributed by atoms with van der Waals surface area (Å²) in [6.45, 7) is 0. The molecule has 2 atom stereocenters. The van der Waals surface area contributed by atoms with Gasteiger partial charge in [-0.05, 0) is 64.4 Å². The van der Waals surface area contributed by atoms with Crippen molar-refractivity contribution in [1.29, 1.82) is 0 Å². The van der Waals surface area contributed by atoms with E-state index in [0.717, 1.165) is 12.1 Å². The van der Waals surface area contributed by atoms with Gasteiger partial charge in [-0.15, -0.1) is 13.2 Å². The van der Waals surface area contributed by atoms with Crippen molar-refractivity contribution in [1.82, 2.24) is 9.29 Å². The average Bonchev–Trinajstić information content (AvgIpc) is 3.43. The van der Waals surface area contributed by atoms with E-state index in [1.165, 1.54) is 27.8 Å². The topological polar surface area (TPSA) is 68.7 Å². The third-order valence-electron chi connectivity index (χ3n) is 6.21. The lowest BCUT2D eigenvalue weighted by atomic mass is 9.75. The van der Waals surface area contributed by atoms with Crippen LogP contribution in [0.5, 0.6) is 17.4 Å². The van der Waals surface area contributed by atoms with E-state index in [0.29, 0.717) is 21.8 Å². The van der Waals surface area contributed by atoms with Crippen LogP contribution in [0.25, 0.3) is 0 Å². The summed E-state index contributed by atoms with van der Waals surface area (Å²) in [4.78, 5) is 31.9. The van der Waals surface area contributed by atoms with Gasteiger partial charge in [0.1, 0.15) is 23.0 Å². The van der Waals surface area contributed by atoms with Crippen LogP contribution in [-0.4, -0.2) is 27.3 Å². The molecule has 1 aliphatic rings. The molecule has 0 bridgehead atoms. The largest absolute Gasteiger partial charge is 0.573 e. The Labute approximate surface area is 235 Å². The third-order valence-corrected chi connectivity index (χ3v) is 7.78. The number of amides is 1. The Morgan fingerprint density at radius 3 is 2.38 bits per heavy atom. The molecule has 2 aromatic carbocycles. The monoisotopic (exact) mass is 590 g/mol. The first kappa shape index (κ1) is 27.0. The average molecular weight is 591 g/mol. The van der Waals surface area contributed by atoms with Crippen molar-refractivity contribution in [3.05, 3.63) is 105 Å². The Morgan fingerprint density at radius 1 is 1.00 bits per heavy atom. The number of rotatable bonds is 6. The quantitative estimate of drug-likeness (QED) is 0.191. The first-order valence-corrected chi connectivity index (χ1v) is 13.1. The number of ketones is 1. The summed E-state index contributed by atoms with van der Waals surface area (Å²) < 4.78 is 48.3. The van der Waals surface area contributed by atoms with Gasteiger partial charge in [0.15, 0.2) is 5.78 Å². The fourth-order valence-corrected chi connectivity index (χ4v) is 5.87. The van der Waals surface area contributed by atoms with Crippen molar-refractivity contribution in [2.45, 2.75) is 24.2 Å². The fourth-order valence-electron chi connectivity index (χ4n) is 4.50. The van der Waals surface area contributed by atoms with E-state index in [1.54, 1.807) is 48.5 Å². The Morgan fingerprint density at radius 2 is 1.72 bits per heavy atom. The number of aromatic nitrogens is 1. The van der Waals surface area contributed by atoms with Crippen LogP contribution < -0.4 is 9.47 Å². The lowest BCUT2D eigenvalue weighted by Crippen LogP contribution is -2.54. The van der Waals surface area contributed by atoms with Crippen LogP contribution in [0.4, 0.5) is 13.2 Å². The molecule has 0 spiro atoms. The highest BCUT2D eigenvalue weighted by atomic mass is 35.5. The molecule has 0 aliphatic carbocycles. The fraction of sp³-hybridized carbons (Fsp3) is 0.148. The zero-order valence-electron chi connectivity index (χ0n) is 19.8. The molecule has 3 heterocycles. The summed E-state index contributed by atoms with van der Waals surface area (Å²) in [6, 6.07) is 18.1. The maximum Gasteiger partial charge on any atom is 0.573 e. The molecule has 0 radical (unpaired) electrons. The normalized spacial score (nSPS) is 19.7. The van der Waals surface area contributed by atoms with Crippen LogP contribution in [0.1, 0.15) is 29.2 Å². The van der Waals surface area contributed by atoms with Crippen LogP contribution in [0.2, 0.25) is 5.02 Å². The number of carbonyl (C=O) groups excluding carboxylic acids is 2. The van der Waals surface area contributed by atoms with Crippen molar-refractivity contribution in [2.24, 2.45) is 0 Å². The Kier molecular flexibility index (Phi) is 7.32. The molecule has 39 heavy (non-hydrogen) atoms. The van der Waals surface area contributed by atoms with Crippen LogP contribution in [0.3, 0.4) is 0 Å². The van der Waals surface area contributed by atoms with Gasteiger partial charge in [0.25, 0.3) is 0 Å². The molecule has 1 amide bonds. The molecule has 1 aliphatic heterocycles. The van der Waals surface area contributed by atoms with Crippen LogP contribution in [-0.2, 0) is 15.1 Å². The van der Waals surface area contributed by atoms with Gasteiger partial charge in [-0.2, -0.15) is 11.3 Å². The lowest BCUT2D eigenvalue weighted by molar-refractivity contribution is -0.274. The number of Topliss-reactive ketones (excluding diaryl/α,β-unsaturated/α-hetero) is 1. The number of pyridine rings is 1. The predicted molar refractivity (Wildman–Crippen MR) is 142 cm³/mol. The van der Waals surface area contributed by atoms with Gasteiger partial charge >= 0.3 is 6.36 Å². The van der Waals surface area contributed by atoms with Gasteiger partial charge in [-0.3, -0.25) is 13.9 Å². The minimum Gasteiger partial charge on any atom is -0.439 e. The van der Waals surface area contributed by atoms with Gasteiger partial charge in [-0.1, -0.05) is 48.7 Å². The van der Waals surface area contributed by atoms with Crippen LogP contribution in [0, 0.1) is 0 Å². The molecular weight excluding hydrogens is 573 g/mol. The maximum absolute atomic E-state index is 13.7. The van der Waals surface area contributed by atoms with Gasteiger partial charge in [0, 0.05) is 17.5 Å². The highest BCUT2D eigenvalue weighted by Gasteiger charge is 2.53. The zero-order chi connectivity index (χ0) is 27.8. The second kappa shape index (κ2) is 10.6. The molecule has 12 heteroatoms. The lowest BCUT2D eigenvalue weighted by Gasteiger charge is -2.45. The van der Waals surface area contributed by atoms with E-state index >= 15 is 0 Å². The molecule has 0 N–H and O–H groups in total. The van der Waals surface area contributed by atoms with Crippen molar-refractivity contribution < 1.29 is 32.2 Å². The first-order chi connectivity index (χ1) is 18.6. The minimum absolute atomic E-state index is 0.0986. The van der Waals surface area contributed by atoms with Gasteiger partial charge < -0.3 is 9.47 Å². The smallest absolute Gasteiger partial charge is 0.439 e. The van der Waals surface area contributed by atoms with Crippen molar-refractivity contribution >= 4 is 47.4 Å². The Hall–Kier alpha value is -3.54. The number of thiophene rings is 1. The molecule has 2 unspecified atom stereocenters. The van der Waals surface area contributed by atoms with E-state index in [2.05, 4.69) is 22.5 Å². The molecule has 4 aromatic rings. The van der Waals surface area contributed by atoms with Crippen molar-refractivity contribution in [3.63, 3.8) is 0 Å². The molecule has 200 valence electrons. The van der Waals surface area contributed by atoms with E-state index in [1.807, 2.05) is 10.8 Å². The number of carbonyl (C=O) groups is 2. The summed E-state index contributed by atoms with van der Waals surface area (Å²) in [5.74, 6) is -2.12. The number of hydrogen-bond acceptors (Lipinski definition) is 7. The van der Waals surface area contributed by atoms with Crippen LogP contribution >= 0.6 is 35.8 Å². The highest BCUT2D eigenvalue weighted by molar-refractivity contribution is 7.78. The summed E-state index contributed by atoms with van der Waals surface area (Å²) in [7, 11) is 0. The number of thiol groups is 1. The van der Waals surface area contributed by atoms with E-state index in [9.17, 15) is 22.8 Å². The second-order valence-electron chi connectivity index (χ2n) is 8.60. The van der Waals surface area contributed by atoms with Crippen LogP contribution in [0.15, 0.2) is 83.6 Å². The molecule has 1 saturated heterocycles. The standard InChI is InChI=1S/C27H18ClF3N2O4S2/c28-20-5-2-1-4-19(20)24-21(34)14-26(33(38)25(24)35,16-12-13-39-15-16)22-6-3-7-23(32-22)36-17-8-10-18(11-9-17)37-27(29,30)31/h1-13,15,24,38H,14H2. The van der Waals surface area contributed by atoms with Gasteiger partial charge in [0.2, 0.25) is 11.8 Å². The third kappa shape index (κ3) is 5.34. The summed E-state index contributed by atoms with van der Waals surface area (Å²) >= 11 is 12.3. The minimum atomic E-state index is -4.81. The summed E-state index contributed by atoms with van der Waals surface area (Å²) in [6.07, 6.45) is -4.94. The van der Waals surface area contributed by atoms with E-state index in [-0.39, 0.29) is 23.8 Å². The van der Waals surface area contributed by atoms with E-state index in [4.69, 9.17) is 16.3 Å². The maximum atomic E-state index is 13.7. The number of benzene rings is 2. The number of ether oxygens (including phenoxy) is 2. The van der Waals surface area contributed by atoms with Crippen molar-refractivity contribution in [2.75, 3.05) is 0 Å². The molecule has 1 fully saturated rings.